The second-order valence-corrected chi connectivity index (χ2v) is 30.2. The van der Waals surface area contributed by atoms with Crippen molar-refractivity contribution in [3.8, 4) is 5.75 Å². The molecular formula is C81H110N18O28. The summed E-state index contributed by atoms with van der Waals surface area (Å²) >= 11 is 0. The number of carbonyl (C=O) groups excluding carboxylic acids is 17. The number of aromatic amines is 1. The van der Waals surface area contributed by atoms with Crippen molar-refractivity contribution < 1.29 is 136 Å². The van der Waals surface area contributed by atoms with Crippen LogP contribution in [0.25, 0.3) is 10.9 Å². The van der Waals surface area contributed by atoms with Crippen molar-refractivity contribution >= 4 is 141 Å². The maximum atomic E-state index is 15.0. The summed E-state index contributed by atoms with van der Waals surface area (Å²) in [6.45, 7) is 0.756. The van der Waals surface area contributed by atoms with E-state index in [2.05, 4.69) is 70.4 Å². The van der Waals surface area contributed by atoms with Gasteiger partial charge in [-0.15, -0.1) is 0 Å². The molecule has 2 heterocycles. The lowest BCUT2D eigenvalue weighted by molar-refractivity contribution is -0.156. The molecule has 692 valence electrons. The first-order valence-corrected chi connectivity index (χ1v) is 40.7. The fourth-order valence-corrected chi connectivity index (χ4v) is 13.0. The monoisotopic (exact) mass is 1780 g/mol. The molecule has 127 heavy (non-hydrogen) atoms. The van der Waals surface area contributed by atoms with Gasteiger partial charge in [0, 0.05) is 54.2 Å². The lowest BCUT2D eigenvalue weighted by Gasteiger charge is -2.30. The second kappa shape index (κ2) is 51.8. The minimum absolute atomic E-state index is 0.0358. The number of carbonyl (C=O) groups is 21. The van der Waals surface area contributed by atoms with Crippen molar-refractivity contribution in [1.29, 1.82) is 0 Å². The molecule has 0 aliphatic carbocycles. The first-order chi connectivity index (χ1) is 60.1. The van der Waals surface area contributed by atoms with E-state index < -0.39 is 273 Å². The zero-order valence-corrected chi connectivity index (χ0v) is 70.0. The molecule has 1 saturated heterocycles. The lowest BCUT2D eigenvalue weighted by Crippen LogP contribution is -2.62. The number of fused-ring (bicyclic) bond motifs is 1. The van der Waals surface area contributed by atoms with Crippen molar-refractivity contribution in [1.82, 2.24) is 79.4 Å². The fourth-order valence-electron chi connectivity index (χ4n) is 13.0. The number of phenols is 1. The van der Waals surface area contributed by atoms with Gasteiger partial charge in [0.2, 0.25) is 88.6 Å². The molecule has 4 aromatic rings. The van der Waals surface area contributed by atoms with Crippen LogP contribution in [0.5, 0.6) is 5.75 Å². The number of carboxylic acids is 4. The summed E-state index contributed by atoms with van der Waals surface area (Å²) in [5.41, 5.74) is 19.0. The van der Waals surface area contributed by atoms with Gasteiger partial charge in [-0.05, 0) is 86.9 Å². The number of para-hydroxylation sites is 2. The number of aliphatic hydroxyl groups excluding tert-OH is 1. The smallest absolute Gasteiger partial charge is 0.329 e. The van der Waals surface area contributed by atoms with E-state index >= 15 is 0 Å². The number of aromatic nitrogens is 1. The molecule has 46 nitrogen and oxygen atoms in total. The molecular weight excluding hydrogens is 1670 g/mol. The van der Waals surface area contributed by atoms with Crippen LogP contribution in [0.15, 0.2) is 79.0 Å². The molecule has 14 atom stereocenters. The number of aliphatic hydroxyl groups is 1. The first kappa shape index (κ1) is 103. The standard InChI is InChI=1S/C81H110N18O28/c1-5-6-7-8-9-10-11-22-61(104)91-52(30-44-36-86-50-20-15-13-17-46(44)50)75(120)94-53(32-60(84)103)76(121)96-56(35-67(113)114)77(122)99-69-42(4)127-81(126)57(31-59(102)47-18-12-14-19-48(47)82)97-80(125)68(40(2)28-64(107)108)98-78(123)58(39-100)92-63(106)37-87-72(117)54(33-65(109)110)93-70(115)41(3)89-74(119)55(34-66(111)112)95-73(118)51(90-62(105)38-88-79(69)124)21-16-27-85-71(116)49(83)29-43-23-25-45(101)26-24-43/h12-15,17-20,23-26,36,40-42,49,51-58,68-69,86,100-101H,5-11,16,21-22,27-35,37-39,82-83H2,1-4H3,(H2,84,103)(H,85,116)(H,87,117)(H,88,124)(H,89,119)(H,90,105)(H,91,104)(H,92,106)(H,93,115)(H,94,120)(H,95,118)(H,96,121)(H,97,125)(H,98,123)(H,99,122)(H,107,108)(H,109,110)(H,111,112)(H,113,114)/t40-,41-,42?,49+,51+,52+,53+,54+,55?,56+,57+,58-,68?,69?/m1/s1. The third-order valence-corrected chi connectivity index (χ3v) is 19.9. The second-order valence-electron chi connectivity index (χ2n) is 30.2. The number of rotatable bonds is 39. The number of ketones is 1. The van der Waals surface area contributed by atoms with Gasteiger partial charge in [0.1, 0.15) is 78.3 Å². The van der Waals surface area contributed by atoms with E-state index in [0.717, 1.165) is 52.9 Å². The molecule has 1 fully saturated rings. The molecule has 5 rings (SSSR count). The number of phenolic OH excluding ortho intramolecular Hbond substituents is 1. The Morgan fingerprint density at radius 1 is 0.535 bits per heavy atom. The molecule has 0 saturated carbocycles. The topological polar surface area (TPSA) is 751 Å². The molecule has 46 heteroatoms. The average Bonchev–Trinajstić information content (AvgIpc) is 1.74. The summed E-state index contributed by atoms with van der Waals surface area (Å²) < 4.78 is 5.72. The Hall–Kier alpha value is -14.2. The number of anilines is 1. The molecule has 0 bridgehead atoms. The summed E-state index contributed by atoms with van der Waals surface area (Å²) in [6, 6.07) is -6.80. The number of nitrogens with two attached hydrogens (primary N) is 3. The number of cyclic esters (lactones) is 1. The Morgan fingerprint density at radius 2 is 1.09 bits per heavy atom. The van der Waals surface area contributed by atoms with Crippen molar-refractivity contribution in [2.24, 2.45) is 17.4 Å². The number of hydrogen-bond acceptors (Lipinski definition) is 26. The lowest BCUT2D eigenvalue weighted by atomic mass is 9.96. The molecule has 1 aliphatic heterocycles. The van der Waals surface area contributed by atoms with Gasteiger partial charge in [0.25, 0.3) is 0 Å². The molecule has 27 N–H and O–H groups in total. The van der Waals surface area contributed by atoms with Crippen LogP contribution in [0, 0.1) is 5.92 Å². The van der Waals surface area contributed by atoms with Gasteiger partial charge in [0.05, 0.1) is 57.8 Å². The number of esters is 1. The van der Waals surface area contributed by atoms with Crippen LogP contribution in [0.2, 0.25) is 0 Å². The molecule has 4 unspecified atom stereocenters. The highest BCUT2D eigenvalue weighted by atomic mass is 16.5. The summed E-state index contributed by atoms with van der Waals surface area (Å²) in [7, 11) is 0. The van der Waals surface area contributed by atoms with Crippen molar-refractivity contribution in [2.45, 2.75) is 222 Å². The Kier molecular flexibility index (Phi) is 42.1. The highest BCUT2D eigenvalue weighted by Crippen LogP contribution is 2.22. The SMILES string of the molecule is CCCCCCCCCC(=O)N[C@@H](Cc1c[nH]c2ccccc12)C(=O)N[C@@H](CC(N)=O)C(=O)N[C@@H](CC(=O)O)C(=O)NC1C(=O)NCC(=O)N[C@@H](CCCNC(=O)[C@@H](N)Cc2ccc(O)cc2)C(=O)NC(CC(=O)O)C(=O)N[C@H](C)C(=O)N[C@@H](CC(=O)O)C(=O)NCC(=O)N[C@H](CO)C(=O)NC([C@H](C)CC(=O)O)C(=O)N[C@@H](CC(=O)c2ccccc2N)C(=O)OC1C. The van der Waals surface area contributed by atoms with E-state index in [-0.39, 0.29) is 49.2 Å². The van der Waals surface area contributed by atoms with Crippen LogP contribution < -0.4 is 91.6 Å². The third-order valence-electron chi connectivity index (χ3n) is 19.9. The molecule has 15 amide bonds. The Balaban J connectivity index is 1.63. The third kappa shape index (κ3) is 35.5. The summed E-state index contributed by atoms with van der Waals surface area (Å²) in [4.78, 5) is 293. The minimum Gasteiger partial charge on any atom is -0.508 e. The molecule has 3 aromatic carbocycles. The number of benzene rings is 3. The Bertz CT molecular complexity index is 4640. The van der Waals surface area contributed by atoms with Gasteiger partial charge in [-0.2, -0.15) is 0 Å². The highest BCUT2D eigenvalue weighted by Gasteiger charge is 2.41. The first-order valence-electron chi connectivity index (χ1n) is 40.7. The molecule has 1 aromatic heterocycles. The number of aliphatic carboxylic acids is 4. The number of hydrogen-bond donors (Lipinski definition) is 24. The van der Waals surface area contributed by atoms with Gasteiger partial charge in [-0.1, -0.05) is 94.8 Å². The summed E-state index contributed by atoms with van der Waals surface area (Å²) in [5, 5.41) is 91.4. The average molecular weight is 1780 g/mol. The summed E-state index contributed by atoms with van der Waals surface area (Å²) in [5.74, 6) is -31.3. The van der Waals surface area contributed by atoms with Crippen LogP contribution in [0.1, 0.15) is 152 Å². The van der Waals surface area contributed by atoms with Crippen LogP contribution in [-0.4, -0.2) is 265 Å². The normalized spacial score (nSPS) is 20.5. The number of carboxylic acid groups (broad SMARTS) is 4. The maximum absolute atomic E-state index is 15.0. The number of ether oxygens (including phenoxy) is 1. The van der Waals surface area contributed by atoms with Gasteiger partial charge < -0.3 is 132 Å². The number of aromatic hydroxyl groups is 1. The van der Waals surface area contributed by atoms with Gasteiger partial charge in [-0.25, -0.2) is 4.79 Å². The molecule has 0 spiro atoms. The van der Waals surface area contributed by atoms with E-state index in [9.17, 15) is 131 Å². The number of Topliss-reactive ketones (excluding diaryl/α,β-unsaturated/α-hetero) is 1. The van der Waals surface area contributed by atoms with Crippen LogP contribution in [-0.2, 0) is 113 Å². The number of nitrogen functional groups attached to an aromatic ring is 1. The molecule has 1 aliphatic rings. The highest BCUT2D eigenvalue weighted by molar-refractivity contribution is 6.05. The van der Waals surface area contributed by atoms with E-state index in [1.165, 1.54) is 48.5 Å². The van der Waals surface area contributed by atoms with Crippen molar-refractivity contribution in [3.05, 3.63) is 95.7 Å². The number of unbranched alkanes of at least 4 members (excludes halogenated alkanes) is 6. The largest absolute Gasteiger partial charge is 0.508 e. The Labute approximate surface area is 726 Å². The van der Waals surface area contributed by atoms with E-state index in [0.29, 0.717) is 34.9 Å². The van der Waals surface area contributed by atoms with Crippen molar-refractivity contribution in [2.75, 3.05) is 32.0 Å². The zero-order valence-electron chi connectivity index (χ0n) is 70.0. The van der Waals surface area contributed by atoms with Crippen molar-refractivity contribution in [3.63, 3.8) is 0 Å². The van der Waals surface area contributed by atoms with E-state index in [1.54, 1.807) is 30.5 Å². The van der Waals surface area contributed by atoms with Gasteiger partial charge in [0.15, 0.2) is 5.78 Å². The quantitative estimate of drug-likeness (QED) is 0.00859. The Morgan fingerprint density at radius 3 is 1.70 bits per heavy atom. The van der Waals surface area contributed by atoms with Gasteiger partial charge in [-0.3, -0.25) is 95.9 Å². The predicted molar refractivity (Wildman–Crippen MR) is 444 cm³/mol. The fraction of sp³-hybridized carbons (Fsp3) is 0.494. The molecule has 0 radical (unpaired) electrons. The van der Waals surface area contributed by atoms with Crippen LogP contribution in [0.3, 0.4) is 0 Å². The van der Waals surface area contributed by atoms with Crippen LogP contribution >= 0.6 is 0 Å². The zero-order chi connectivity index (χ0) is 94.3. The van der Waals surface area contributed by atoms with Gasteiger partial charge >= 0.3 is 29.8 Å². The minimum atomic E-state index is -2.51. The maximum Gasteiger partial charge on any atom is 0.329 e. The number of nitrogens with one attached hydrogen (secondary N) is 15. The number of primary amides is 1. The number of amides is 15. The predicted octanol–water partition coefficient (Wildman–Crippen LogP) is -5.19. The van der Waals surface area contributed by atoms with E-state index in [4.69, 9.17) is 21.9 Å². The van der Waals surface area contributed by atoms with E-state index in [1.807, 2.05) is 16.0 Å². The summed E-state index contributed by atoms with van der Waals surface area (Å²) in [6.07, 6.45) is -3.16. The van der Waals surface area contributed by atoms with Crippen LogP contribution in [0.4, 0.5) is 5.69 Å². The number of H-pyrrole nitrogens is 1.